The van der Waals surface area contributed by atoms with Gasteiger partial charge in [-0.05, 0) is 67.2 Å². The van der Waals surface area contributed by atoms with Crippen molar-refractivity contribution in [3.05, 3.63) is 22.4 Å². The fraction of sp³-hybridized carbons (Fsp3) is 0.706. The summed E-state index contributed by atoms with van der Waals surface area (Å²) in [6.45, 7) is 0.735. The molecule has 2 bridgehead atoms. The van der Waals surface area contributed by atoms with E-state index in [-0.39, 0.29) is 6.03 Å². The molecule has 3 nitrogen and oxygen atoms in total. The molecule has 5 unspecified atom stereocenters. The predicted octanol–water partition coefficient (Wildman–Crippen LogP) is 3.41. The van der Waals surface area contributed by atoms with E-state index in [1.165, 1.54) is 37.0 Å². The van der Waals surface area contributed by atoms with E-state index in [0.29, 0.717) is 6.04 Å². The fourth-order valence-electron chi connectivity index (χ4n) is 5.21. The van der Waals surface area contributed by atoms with E-state index in [4.69, 9.17) is 0 Å². The SMILES string of the molecule is O=C(NCCc1cccs1)NC1CC2CC1C1CCCC21. The average Bonchev–Trinajstić information content (AvgIpc) is 3.21. The van der Waals surface area contributed by atoms with Crippen molar-refractivity contribution >= 4 is 17.4 Å². The van der Waals surface area contributed by atoms with Gasteiger partial charge in [0.15, 0.2) is 0 Å². The van der Waals surface area contributed by atoms with Gasteiger partial charge in [-0.1, -0.05) is 12.5 Å². The van der Waals surface area contributed by atoms with E-state index in [9.17, 15) is 4.79 Å². The van der Waals surface area contributed by atoms with E-state index in [2.05, 4.69) is 28.1 Å². The fourth-order valence-corrected chi connectivity index (χ4v) is 5.92. The second-order valence-electron chi connectivity index (χ2n) is 6.99. The summed E-state index contributed by atoms with van der Waals surface area (Å²) in [6.07, 6.45) is 7.81. The molecule has 2 amide bonds. The summed E-state index contributed by atoms with van der Waals surface area (Å²) in [5, 5.41) is 8.37. The molecule has 114 valence electrons. The number of rotatable bonds is 4. The standard InChI is InChI=1S/C17H24N2OS/c20-17(18-7-6-12-3-2-8-21-12)19-16-10-11-9-15(16)14-5-1-4-13(11)14/h2-3,8,11,13-16H,1,4-7,9-10H2,(H2,18,19,20). The van der Waals surface area contributed by atoms with Crippen LogP contribution >= 0.6 is 11.3 Å². The Morgan fingerprint density at radius 1 is 1.24 bits per heavy atom. The molecule has 0 saturated heterocycles. The van der Waals surface area contributed by atoms with Crippen molar-refractivity contribution in [2.45, 2.75) is 44.6 Å². The minimum absolute atomic E-state index is 0.0404. The molecule has 3 aliphatic rings. The summed E-state index contributed by atoms with van der Waals surface area (Å²) in [4.78, 5) is 13.4. The minimum atomic E-state index is 0.0404. The third-order valence-corrected chi connectivity index (χ3v) is 6.92. The first-order valence-corrected chi connectivity index (χ1v) is 9.26. The lowest BCUT2D eigenvalue weighted by atomic mass is 9.79. The highest BCUT2D eigenvalue weighted by Gasteiger charge is 2.53. The zero-order valence-electron chi connectivity index (χ0n) is 12.4. The lowest BCUT2D eigenvalue weighted by molar-refractivity contribution is 0.198. The quantitative estimate of drug-likeness (QED) is 0.879. The molecule has 0 radical (unpaired) electrons. The monoisotopic (exact) mass is 304 g/mol. The molecule has 3 saturated carbocycles. The highest BCUT2D eigenvalue weighted by Crippen LogP contribution is 2.58. The Bertz CT molecular complexity index is 501. The normalized spacial score (nSPS) is 36.7. The summed E-state index contributed by atoms with van der Waals surface area (Å²) in [6, 6.07) is 4.67. The molecule has 3 aliphatic carbocycles. The van der Waals surface area contributed by atoms with Crippen molar-refractivity contribution in [3.63, 3.8) is 0 Å². The molecular formula is C17H24N2OS. The van der Waals surface area contributed by atoms with Crippen LogP contribution in [0.5, 0.6) is 0 Å². The van der Waals surface area contributed by atoms with Gasteiger partial charge < -0.3 is 10.6 Å². The first-order chi connectivity index (χ1) is 10.3. The first-order valence-electron chi connectivity index (χ1n) is 8.38. The molecular weight excluding hydrogens is 280 g/mol. The molecule has 5 atom stereocenters. The number of thiophene rings is 1. The Labute approximate surface area is 130 Å². The van der Waals surface area contributed by atoms with E-state index in [1.807, 2.05) is 0 Å². The summed E-state index contributed by atoms with van der Waals surface area (Å²) >= 11 is 1.76. The van der Waals surface area contributed by atoms with Crippen molar-refractivity contribution in [1.29, 1.82) is 0 Å². The molecule has 1 aromatic rings. The van der Waals surface area contributed by atoms with Gasteiger partial charge in [0.25, 0.3) is 0 Å². The lowest BCUT2D eigenvalue weighted by Crippen LogP contribution is -2.47. The molecule has 4 rings (SSSR count). The molecule has 1 heterocycles. The number of carbonyl (C=O) groups is 1. The average molecular weight is 304 g/mol. The van der Waals surface area contributed by atoms with E-state index < -0.39 is 0 Å². The third-order valence-electron chi connectivity index (χ3n) is 5.98. The highest BCUT2D eigenvalue weighted by atomic mass is 32.1. The number of urea groups is 1. The van der Waals surface area contributed by atoms with Crippen molar-refractivity contribution < 1.29 is 4.79 Å². The summed E-state index contributed by atoms with van der Waals surface area (Å²) in [5.74, 6) is 3.58. The van der Waals surface area contributed by atoms with Crippen LogP contribution in [0.15, 0.2) is 17.5 Å². The summed E-state index contributed by atoms with van der Waals surface area (Å²) in [7, 11) is 0. The van der Waals surface area contributed by atoms with Gasteiger partial charge in [0.2, 0.25) is 0 Å². The number of fused-ring (bicyclic) bond motifs is 5. The van der Waals surface area contributed by atoms with Crippen LogP contribution < -0.4 is 10.6 Å². The Balaban J connectivity index is 1.24. The zero-order chi connectivity index (χ0) is 14.2. The maximum Gasteiger partial charge on any atom is 0.315 e. The van der Waals surface area contributed by atoms with Gasteiger partial charge in [0, 0.05) is 17.5 Å². The Kier molecular flexibility index (Phi) is 3.66. The second-order valence-corrected chi connectivity index (χ2v) is 8.02. The Morgan fingerprint density at radius 2 is 2.14 bits per heavy atom. The van der Waals surface area contributed by atoms with Gasteiger partial charge in [-0.25, -0.2) is 4.79 Å². The number of hydrogen-bond donors (Lipinski definition) is 2. The van der Waals surface area contributed by atoms with Gasteiger partial charge in [0.1, 0.15) is 0 Å². The van der Waals surface area contributed by atoms with Crippen molar-refractivity contribution in [1.82, 2.24) is 10.6 Å². The van der Waals surface area contributed by atoms with Crippen molar-refractivity contribution in [3.8, 4) is 0 Å². The number of amides is 2. The number of hydrogen-bond acceptors (Lipinski definition) is 2. The molecule has 0 aliphatic heterocycles. The van der Waals surface area contributed by atoms with Crippen molar-refractivity contribution in [2.75, 3.05) is 6.54 Å². The van der Waals surface area contributed by atoms with Crippen LogP contribution in [0.25, 0.3) is 0 Å². The van der Waals surface area contributed by atoms with Crippen LogP contribution in [0.4, 0.5) is 4.79 Å². The summed E-state index contributed by atoms with van der Waals surface area (Å²) in [5.41, 5.74) is 0. The van der Waals surface area contributed by atoms with Crippen LogP contribution in [0.1, 0.15) is 37.0 Å². The smallest absolute Gasteiger partial charge is 0.315 e. The molecule has 2 N–H and O–H groups in total. The van der Waals surface area contributed by atoms with E-state index in [0.717, 1.165) is 36.6 Å². The topological polar surface area (TPSA) is 41.1 Å². The molecule has 21 heavy (non-hydrogen) atoms. The van der Waals surface area contributed by atoms with Crippen LogP contribution in [0.2, 0.25) is 0 Å². The van der Waals surface area contributed by atoms with Gasteiger partial charge in [-0.15, -0.1) is 11.3 Å². The van der Waals surface area contributed by atoms with Crippen LogP contribution in [0, 0.1) is 23.7 Å². The molecule has 0 spiro atoms. The van der Waals surface area contributed by atoms with E-state index in [1.54, 1.807) is 11.3 Å². The maximum atomic E-state index is 12.1. The third kappa shape index (κ3) is 2.59. The molecule has 4 heteroatoms. The zero-order valence-corrected chi connectivity index (χ0v) is 13.2. The first kappa shape index (κ1) is 13.6. The van der Waals surface area contributed by atoms with Crippen LogP contribution in [0.3, 0.4) is 0 Å². The van der Waals surface area contributed by atoms with Crippen LogP contribution in [-0.2, 0) is 6.42 Å². The Hall–Kier alpha value is -1.03. The highest BCUT2D eigenvalue weighted by molar-refractivity contribution is 7.09. The second kappa shape index (κ2) is 5.64. The predicted molar refractivity (Wildman–Crippen MR) is 85.4 cm³/mol. The van der Waals surface area contributed by atoms with Crippen molar-refractivity contribution in [2.24, 2.45) is 23.7 Å². The largest absolute Gasteiger partial charge is 0.338 e. The number of nitrogens with one attached hydrogen (secondary N) is 2. The molecule has 0 aromatic carbocycles. The van der Waals surface area contributed by atoms with E-state index >= 15 is 0 Å². The summed E-state index contributed by atoms with van der Waals surface area (Å²) < 4.78 is 0. The maximum absolute atomic E-state index is 12.1. The minimum Gasteiger partial charge on any atom is -0.338 e. The van der Waals surface area contributed by atoms with Gasteiger partial charge >= 0.3 is 6.03 Å². The van der Waals surface area contributed by atoms with Gasteiger partial charge in [-0.3, -0.25) is 0 Å². The molecule has 1 aromatic heterocycles. The van der Waals surface area contributed by atoms with Crippen LogP contribution in [-0.4, -0.2) is 18.6 Å². The van der Waals surface area contributed by atoms with Gasteiger partial charge in [0.05, 0.1) is 0 Å². The number of carbonyl (C=O) groups excluding carboxylic acids is 1. The lowest BCUT2D eigenvalue weighted by Gasteiger charge is -2.32. The Morgan fingerprint density at radius 3 is 3.00 bits per heavy atom. The van der Waals surface area contributed by atoms with Gasteiger partial charge in [-0.2, -0.15) is 0 Å². The molecule has 3 fully saturated rings.